The number of amides is 1. The van der Waals surface area contributed by atoms with Gasteiger partial charge < -0.3 is 19.5 Å². The van der Waals surface area contributed by atoms with E-state index in [1.807, 2.05) is 33.2 Å². The molecule has 0 spiro atoms. The molecule has 0 radical (unpaired) electrons. The normalized spacial score (nSPS) is 15.5. The lowest BCUT2D eigenvalue weighted by atomic mass is 9.96. The van der Waals surface area contributed by atoms with Crippen LogP contribution in [0, 0.1) is 12.8 Å². The molecular formula is C23H34N4O4. The summed E-state index contributed by atoms with van der Waals surface area (Å²) < 4.78 is 6.12. The highest BCUT2D eigenvalue weighted by Gasteiger charge is 2.26. The summed E-state index contributed by atoms with van der Waals surface area (Å²) in [6, 6.07) is 4.95. The number of rotatable bonds is 6. The van der Waals surface area contributed by atoms with Crippen molar-refractivity contribution >= 4 is 23.3 Å². The summed E-state index contributed by atoms with van der Waals surface area (Å²) in [6.07, 6.45) is 6.81. The van der Waals surface area contributed by atoms with Gasteiger partial charge in [0, 0.05) is 33.0 Å². The lowest BCUT2D eigenvalue weighted by molar-refractivity contribution is -0.143. The van der Waals surface area contributed by atoms with Crippen LogP contribution >= 0.6 is 0 Å². The van der Waals surface area contributed by atoms with Crippen LogP contribution in [0.5, 0.6) is 0 Å². The fourth-order valence-corrected chi connectivity index (χ4v) is 3.46. The molecule has 170 valence electrons. The molecule has 1 N–H and O–H groups in total. The van der Waals surface area contributed by atoms with E-state index in [1.54, 1.807) is 13.0 Å². The Kier molecular flexibility index (Phi) is 9.24. The van der Waals surface area contributed by atoms with E-state index in [9.17, 15) is 14.4 Å². The SMILES string of the molecule is CC.CCOC(=O)Cn1cc(NC(=O)C2CCCN(c3cncc(C)c3)C2)ccc1=O.[HH]. The molecule has 0 bridgehead atoms. The summed E-state index contributed by atoms with van der Waals surface area (Å²) in [7, 11) is 0. The molecule has 2 aromatic heterocycles. The van der Waals surface area contributed by atoms with E-state index in [0.717, 1.165) is 30.6 Å². The van der Waals surface area contributed by atoms with Crippen LogP contribution in [0.25, 0.3) is 0 Å². The molecule has 3 rings (SSSR count). The summed E-state index contributed by atoms with van der Waals surface area (Å²) >= 11 is 0. The smallest absolute Gasteiger partial charge is 0.326 e. The van der Waals surface area contributed by atoms with Crippen LogP contribution in [0.3, 0.4) is 0 Å². The zero-order chi connectivity index (χ0) is 22.8. The largest absolute Gasteiger partial charge is 0.465 e. The number of carbonyl (C=O) groups excluding carboxylic acids is 2. The second-order valence-electron chi connectivity index (χ2n) is 7.18. The number of ether oxygens (including phenoxy) is 1. The van der Waals surface area contributed by atoms with Gasteiger partial charge >= 0.3 is 5.97 Å². The van der Waals surface area contributed by atoms with Gasteiger partial charge in [0.2, 0.25) is 5.91 Å². The molecule has 31 heavy (non-hydrogen) atoms. The molecule has 1 aliphatic rings. The lowest BCUT2D eigenvalue weighted by Crippen LogP contribution is -2.41. The summed E-state index contributed by atoms with van der Waals surface area (Å²) in [4.78, 5) is 42.8. The Morgan fingerprint density at radius 3 is 2.77 bits per heavy atom. The van der Waals surface area contributed by atoms with E-state index in [2.05, 4.69) is 21.3 Å². The predicted octanol–water partition coefficient (Wildman–Crippen LogP) is 3.24. The molecule has 0 saturated carbocycles. The van der Waals surface area contributed by atoms with Gasteiger partial charge in [-0.25, -0.2) is 0 Å². The predicted molar refractivity (Wildman–Crippen MR) is 123 cm³/mol. The standard InChI is InChI=1S/C21H26N4O4.C2H6.H2/c1-3-29-20(27)14-25-13-17(6-7-19(25)26)23-21(28)16-5-4-8-24(12-16)18-9-15(2)10-22-11-18;1-2;/h6-7,9-11,13,16H,3-5,8,12,14H2,1-2H3,(H,23,28);1-2H3;1H. The van der Waals surface area contributed by atoms with E-state index in [0.29, 0.717) is 12.2 Å². The van der Waals surface area contributed by atoms with Crippen molar-refractivity contribution < 1.29 is 15.8 Å². The fourth-order valence-electron chi connectivity index (χ4n) is 3.46. The molecule has 3 heterocycles. The summed E-state index contributed by atoms with van der Waals surface area (Å²) in [5.41, 5.74) is 2.25. The van der Waals surface area contributed by atoms with Crippen LogP contribution in [0.15, 0.2) is 41.6 Å². The average molecular weight is 431 g/mol. The third-order valence-corrected chi connectivity index (χ3v) is 4.87. The zero-order valence-electron chi connectivity index (χ0n) is 18.8. The van der Waals surface area contributed by atoms with Gasteiger partial charge in [0.15, 0.2) is 0 Å². The maximum atomic E-state index is 12.8. The minimum atomic E-state index is -0.493. The molecule has 2 aromatic rings. The molecule has 1 amide bonds. The van der Waals surface area contributed by atoms with Gasteiger partial charge in [0.25, 0.3) is 5.56 Å². The third-order valence-electron chi connectivity index (χ3n) is 4.87. The Bertz CT molecular complexity index is 948. The van der Waals surface area contributed by atoms with Gasteiger partial charge in [0.05, 0.1) is 30.1 Å². The molecule has 8 nitrogen and oxygen atoms in total. The number of piperidine rings is 1. The summed E-state index contributed by atoms with van der Waals surface area (Å²) in [6.45, 7) is 9.26. The van der Waals surface area contributed by atoms with Crippen LogP contribution in [0.1, 0.15) is 40.6 Å². The number of aryl methyl sites for hydroxylation is 1. The van der Waals surface area contributed by atoms with Gasteiger partial charge in [0.1, 0.15) is 6.54 Å². The number of nitrogens with one attached hydrogen (secondary N) is 1. The molecule has 0 aromatic carbocycles. The van der Waals surface area contributed by atoms with Crippen LogP contribution < -0.4 is 15.8 Å². The minimum Gasteiger partial charge on any atom is -0.465 e. The Morgan fingerprint density at radius 2 is 2.06 bits per heavy atom. The number of carbonyl (C=O) groups is 2. The van der Waals surface area contributed by atoms with Crippen molar-refractivity contribution in [3.63, 3.8) is 0 Å². The molecule has 1 atom stereocenters. The second kappa shape index (κ2) is 11.9. The molecular weight excluding hydrogens is 396 g/mol. The Hall–Kier alpha value is -3.16. The van der Waals surface area contributed by atoms with E-state index >= 15 is 0 Å². The van der Waals surface area contributed by atoms with E-state index in [4.69, 9.17) is 4.74 Å². The Labute approximate surface area is 184 Å². The van der Waals surface area contributed by atoms with Crippen LogP contribution in [-0.4, -0.2) is 41.1 Å². The number of esters is 1. The average Bonchev–Trinajstić information content (AvgIpc) is 2.78. The number of pyridine rings is 2. The number of nitrogens with zero attached hydrogens (tertiary/aromatic N) is 3. The first-order valence-electron chi connectivity index (χ1n) is 10.8. The van der Waals surface area contributed by atoms with Crippen LogP contribution in [-0.2, 0) is 20.9 Å². The van der Waals surface area contributed by atoms with Crippen molar-refractivity contribution in [2.75, 3.05) is 29.9 Å². The summed E-state index contributed by atoms with van der Waals surface area (Å²) in [5, 5.41) is 2.87. The molecule has 0 aliphatic carbocycles. The highest BCUT2D eigenvalue weighted by Crippen LogP contribution is 2.24. The van der Waals surface area contributed by atoms with E-state index in [1.165, 1.54) is 16.8 Å². The first-order chi connectivity index (χ1) is 15.0. The Morgan fingerprint density at radius 1 is 1.29 bits per heavy atom. The van der Waals surface area contributed by atoms with E-state index < -0.39 is 5.97 Å². The number of aromatic nitrogens is 2. The van der Waals surface area contributed by atoms with Gasteiger partial charge in [-0.05, 0) is 44.4 Å². The Balaban J connectivity index is 0.00000166. The highest BCUT2D eigenvalue weighted by molar-refractivity contribution is 5.93. The number of hydrogen-bond donors (Lipinski definition) is 1. The molecule has 8 heteroatoms. The van der Waals surface area contributed by atoms with Crippen LogP contribution in [0.4, 0.5) is 11.4 Å². The third kappa shape index (κ3) is 6.94. The van der Waals surface area contributed by atoms with Crippen LogP contribution in [0.2, 0.25) is 0 Å². The first-order valence-corrected chi connectivity index (χ1v) is 10.8. The topological polar surface area (TPSA) is 93.5 Å². The molecule has 1 fully saturated rings. The fraction of sp³-hybridized carbons (Fsp3) is 0.478. The van der Waals surface area contributed by atoms with Gasteiger partial charge in [-0.2, -0.15) is 0 Å². The van der Waals surface area contributed by atoms with Crippen molar-refractivity contribution in [2.45, 2.75) is 47.1 Å². The highest BCUT2D eigenvalue weighted by atomic mass is 16.5. The maximum Gasteiger partial charge on any atom is 0.326 e. The number of anilines is 2. The van der Waals surface area contributed by atoms with Gasteiger partial charge in [-0.15, -0.1) is 0 Å². The van der Waals surface area contributed by atoms with Crippen molar-refractivity contribution in [3.05, 3.63) is 52.7 Å². The van der Waals surface area contributed by atoms with Crippen molar-refractivity contribution in [3.8, 4) is 0 Å². The quantitative estimate of drug-likeness (QED) is 0.707. The van der Waals surface area contributed by atoms with Crippen molar-refractivity contribution in [1.82, 2.24) is 9.55 Å². The minimum absolute atomic E-state index is 0. The molecule has 1 aliphatic heterocycles. The van der Waals surface area contributed by atoms with Gasteiger partial charge in [-0.1, -0.05) is 13.8 Å². The monoisotopic (exact) mass is 430 g/mol. The maximum absolute atomic E-state index is 12.8. The summed E-state index contributed by atoms with van der Waals surface area (Å²) in [5.74, 6) is -0.765. The van der Waals surface area contributed by atoms with Crippen molar-refractivity contribution in [2.24, 2.45) is 5.92 Å². The first kappa shape index (κ1) is 24.1. The zero-order valence-corrected chi connectivity index (χ0v) is 18.8. The van der Waals surface area contributed by atoms with E-state index in [-0.39, 0.29) is 32.0 Å². The van der Waals surface area contributed by atoms with Gasteiger partial charge in [-0.3, -0.25) is 19.4 Å². The lowest BCUT2D eigenvalue weighted by Gasteiger charge is -2.33. The number of hydrogen-bond acceptors (Lipinski definition) is 6. The molecule has 1 saturated heterocycles. The van der Waals surface area contributed by atoms with Crippen molar-refractivity contribution in [1.29, 1.82) is 0 Å². The molecule has 1 unspecified atom stereocenters. The second-order valence-corrected chi connectivity index (χ2v) is 7.18.